The van der Waals surface area contributed by atoms with Gasteiger partial charge in [-0.3, -0.25) is 57.5 Å². The molecule has 16 aromatic heterocycles. The second-order valence-corrected chi connectivity index (χ2v) is 38.8. The van der Waals surface area contributed by atoms with E-state index in [-0.39, 0.29) is 0 Å². The Labute approximate surface area is 796 Å². The molecule has 16 heterocycles. The Morgan fingerprint density at radius 3 is 0.893 bits per heavy atom. The van der Waals surface area contributed by atoms with E-state index in [1.54, 1.807) is 0 Å². The number of rotatable bonds is 0. The maximum atomic E-state index is 5.19. The first-order valence-electron chi connectivity index (χ1n) is 48.1. The van der Waals surface area contributed by atoms with Crippen LogP contribution in [-0.4, -0.2) is 77.4 Å². The lowest BCUT2D eigenvalue weighted by Crippen LogP contribution is -1.93. The zero-order valence-corrected chi connectivity index (χ0v) is 75.1. The molecule has 0 amide bonds. The Balaban J connectivity index is 0.0000000829. The number of fused-ring (bicyclic) bond motifs is 60. The molecule has 0 fully saturated rings. The summed E-state index contributed by atoms with van der Waals surface area (Å²) >= 11 is 0. The Morgan fingerprint density at radius 1 is 0.171 bits per heavy atom. The van der Waals surface area contributed by atoms with Gasteiger partial charge < -0.3 is 0 Å². The van der Waals surface area contributed by atoms with Crippen molar-refractivity contribution < 1.29 is 0 Å². The van der Waals surface area contributed by atoms with Gasteiger partial charge in [0.15, 0.2) is 5.65 Å². The van der Waals surface area contributed by atoms with Crippen molar-refractivity contribution in [3.8, 4) is 89.0 Å². The molecule has 0 N–H and O–H groups in total. The molecule has 8 aliphatic rings. The third-order valence-corrected chi connectivity index (χ3v) is 31.9. The highest BCUT2D eigenvalue weighted by atomic mass is 15.1. The van der Waals surface area contributed by atoms with Crippen molar-refractivity contribution in [1.82, 2.24) is 77.4 Å². The standard InChI is InChI=1S/4C31H18N4/c1-2-5-20-17(4-1)13-24-21(20)8-7-18-12-19-14-28-26(15-23(19)29(18)24)34-31-22-6-3-10-33-30(22)25-16-32-11-9-27(25)35(28)31;1-2-5-20-17(4-1)13-24-21(20)8-7-18-12-19-14-28-26(15-23(19)29(18)24)34-31-30-22(6-3-10-33-30)25-16-32-11-9-27(25)35(28)31;1-2-4-20-17(3-1)12-24-21(20)6-5-18-11-19-13-29-27(14-23(19)30(18)24)34-31-22-7-9-32-15-25(22)26-16-33-10-8-28(26)35(29)31;1-2-4-20-17(3-1)12-24-21(20)6-5-18-11-19-13-29-27(14-23(19)30(18)24)34-31-26-16-32-9-7-22(26)25-15-33-10-8-28(25)35(29)31/h2*1-11,14-16H,12-13H2;2*1-10,13-16H,11-12H2. The van der Waals surface area contributed by atoms with Crippen molar-refractivity contribution in [2.75, 3.05) is 0 Å². The van der Waals surface area contributed by atoms with Gasteiger partial charge in [0, 0.05) is 135 Å². The van der Waals surface area contributed by atoms with Crippen LogP contribution in [0.1, 0.15) is 89.0 Å². The van der Waals surface area contributed by atoms with Crippen LogP contribution in [0.5, 0.6) is 0 Å². The Morgan fingerprint density at radius 2 is 0.479 bits per heavy atom. The van der Waals surface area contributed by atoms with E-state index in [0.29, 0.717) is 0 Å². The fraction of sp³-hybridized carbons (Fsp3) is 0.0645. The third-order valence-electron chi connectivity index (χ3n) is 31.9. The molecule has 0 saturated heterocycles. The van der Waals surface area contributed by atoms with Gasteiger partial charge in [0.1, 0.15) is 22.5 Å². The lowest BCUT2D eigenvalue weighted by molar-refractivity contribution is 1.23. The lowest BCUT2D eigenvalue weighted by atomic mass is 9.95. The van der Waals surface area contributed by atoms with Gasteiger partial charge in [0.25, 0.3) is 0 Å². The van der Waals surface area contributed by atoms with Crippen LogP contribution in [0.3, 0.4) is 0 Å². The number of aromatic nitrogens is 16. The summed E-state index contributed by atoms with van der Waals surface area (Å²) in [5.74, 6) is 0. The predicted molar refractivity (Wildman–Crippen MR) is 559 cm³/mol. The summed E-state index contributed by atoms with van der Waals surface area (Å²) in [7, 11) is 0. The average molecular weight is 1790 g/mol. The molecule has 140 heavy (non-hydrogen) atoms. The first kappa shape index (κ1) is 75.1. The molecule has 648 valence electrons. The van der Waals surface area contributed by atoms with Crippen LogP contribution in [0.25, 0.3) is 243 Å². The summed E-state index contributed by atoms with van der Waals surface area (Å²) in [5.41, 5.74) is 63.8. The van der Waals surface area contributed by atoms with Crippen LogP contribution >= 0.6 is 0 Å². The van der Waals surface area contributed by atoms with Crippen LogP contribution in [-0.2, 0) is 51.4 Å². The second kappa shape index (κ2) is 27.7. The minimum Gasteiger partial charge on any atom is -0.292 e. The van der Waals surface area contributed by atoms with Crippen LogP contribution in [0, 0.1) is 0 Å². The third kappa shape index (κ3) is 10.3. The Hall–Kier alpha value is -18.3. The van der Waals surface area contributed by atoms with E-state index in [2.05, 4.69) is 295 Å². The lowest BCUT2D eigenvalue weighted by Gasteiger charge is -2.09. The molecule has 0 aliphatic heterocycles. The summed E-state index contributed by atoms with van der Waals surface area (Å²) in [5, 5.41) is 10.9. The number of benzene rings is 12. The van der Waals surface area contributed by atoms with Crippen molar-refractivity contribution in [2.45, 2.75) is 51.4 Å². The van der Waals surface area contributed by atoms with E-state index in [9.17, 15) is 0 Å². The zero-order valence-electron chi connectivity index (χ0n) is 75.1. The molecule has 8 aliphatic carbocycles. The molecule has 0 spiro atoms. The van der Waals surface area contributed by atoms with Crippen LogP contribution in [0.2, 0.25) is 0 Å². The fourth-order valence-corrected chi connectivity index (χ4v) is 26.0. The van der Waals surface area contributed by atoms with E-state index in [1.807, 2.05) is 98.9 Å². The van der Waals surface area contributed by atoms with Crippen LogP contribution in [0.15, 0.2) is 342 Å². The number of nitrogens with zero attached hydrogens (tertiary/aromatic N) is 16. The number of pyridine rings is 12. The average Bonchev–Trinajstić information content (AvgIpc) is 1.56. The molecule has 36 rings (SSSR count). The minimum atomic E-state index is 0.906. The maximum absolute atomic E-state index is 5.19. The van der Waals surface area contributed by atoms with Gasteiger partial charge in [0.05, 0.1) is 71.7 Å². The summed E-state index contributed by atoms with van der Waals surface area (Å²) in [4.78, 5) is 56.6. The summed E-state index contributed by atoms with van der Waals surface area (Å²) in [6.45, 7) is 0. The Bertz CT molecular complexity index is 9460. The minimum absolute atomic E-state index is 0.906. The first-order valence-corrected chi connectivity index (χ1v) is 48.1. The molecule has 0 radical (unpaired) electrons. The van der Waals surface area contributed by atoms with Crippen molar-refractivity contribution in [1.29, 1.82) is 0 Å². The number of imidazole rings is 4. The van der Waals surface area contributed by atoms with E-state index < -0.39 is 0 Å². The topological polar surface area (TPSA) is 172 Å². The van der Waals surface area contributed by atoms with Gasteiger partial charge in [-0.1, -0.05) is 152 Å². The highest BCUT2D eigenvalue weighted by Gasteiger charge is 2.36. The van der Waals surface area contributed by atoms with Gasteiger partial charge in [0.2, 0.25) is 0 Å². The molecule has 28 aromatic rings. The van der Waals surface area contributed by atoms with Gasteiger partial charge in [-0.2, -0.15) is 0 Å². The summed E-state index contributed by atoms with van der Waals surface area (Å²) < 4.78 is 9.16. The SMILES string of the molecule is c1ccc2c(c1)Cc1c-2ccc2c1-c1cc3nc4c5cccnc5c5cnccc5n4c3cc1C2.c1ccc2c(c1)Cc1c-2ccc2c1-c1cc3nc4c5ccncc5c5cnccc5n4c3cc1C2.c1ccc2c(c1)Cc1c-2ccc2c1-c1cc3nc4c5cnccc5c5cnccc5n4c3cc1C2.c1ccc2c(c1)Cc1c-2ccc2c1-c1cc3nc4c5ncccc5c5cnccc5n4c3cc1C2. The van der Waals surface area contributed by atoms with Crippen molar-refractivity contribution >= 4 is 154 Å². The van der Waals surface area contributed by atoms with Crippen LogP contribution < -0.4 is 0 Å². The summed E-state index contributed by atoms with van der Waals surface area (Å²) in [6.07, 6.45) is 34.3. The van der Waals surface area contributed by atoms with Crippen molar-refractivity contribution in [3.63, 3.8) is 0 Å². The first-order chi connectivity index (χ1) is 69.4. The number of hydrogen-bond acceptors (Lipinski definition) is 12. The van der Waals surface area contributed by atoms with Gasteiger partial charge >= 0.3 is 0 Å². The maximum Gasteiger partial charge on any atom is 0.165 e. The molecule has 12 aromatic carbocycles. The second-order valence-electron chi connectivity index (χ2n) is 38.8. The fourth-order valence-electron chi connectivity index (χ4n) is 26.0. The zero-order chi connectivity index (χ0) is 90.7. The highest BCUT2D eigenvalue weighted by molar-refractivity contribution is 6.18. The molecule has 0 bridgehead atoms. The van der Waals surface area contributed by atoms with Crippen molar-refractivity contribution in [3.05, 3.63) is 431 Å². The molecule has 0 atom stereocenters. The van der Waals surface area contributed by atoms with Crippen LogP contribution in [0.4, 0.5) is 0 Å². The van der Waals surface area contributed by atoms with E-state index >= 15 is 0 Å². The monoisotopic (exact) mass is 1780 g/mol. The molecular weight excluding hydrogens is 1710 g/mol. The van der Waals surface area contributed by atoms with E-state index in [4.69, 9.17) is 24.9 Å². The normalized spacial score (nSPS) is 13.5. The summed E-state index contributed by atoms with van der Waals surface area (Å²) in [6, 6.07) is 93.3. The molecular formula is C124H72N16. The molecule has 16 heteroatoms. The molecule has 0 unspecified atom stereocenters. The van der Waals surface area contributed by atoms with Gasteiger partial charge in [-0.15, -0.1) is 0 Å². The smallest absolute Gasteiger partial charge is 0.165 e. The van der Waals surface area contributed by atoms with E-state index in [1.165, 1.54) is 178 Å². The Kier molecular flexibility index (Phi) is 14.9. The quantitative estimate of drug-likeness (QED) is 0.132. The molecule has 0 saturated carbocycles. The highest BCUT2D eigenvalue weighted by Crippen LogP contribution is 2.55. The largest absolute Gasteiger partial charge is 0.292 e. The van der Waals surface area contributed by atoms with Crippen molar-refractivity contribution in [2.24, 2.45) is 0 Å². The molecule has 16 nitrogen and oxygen atoms in total. The van der Waals surface area contributed by atoms with Gasteiger partial charge in [-0.05, 0) is 338 Å². The van der Waals surface area contributed by atoms with E-state index in [0.717, 1.165) is 205 Å². The predicted octanol–water partition coefficient (Wildman–Crippen LogP) is 26.9. The van der Waals surface area contributed by atoms with Gasteiger partial charge in [-0.25, -0.2) is 19.9 Å². The number of hydrogen-bond donors (Lipinski definition) is 0.